The normalized spacial score (nSPS) is 43.3. The van der Waals surface area contributed by atoms with Gasteiger partial charge < -0.3 is 14.6 Å². The van der Waals surface area contributed by atoms with Gasteiger partial charge in [0.2, 0.25) is 0 Å². The average molecular weight is 260 g/mol. The third-order valence-corrected chi connectivity index (χ3v) is 5.43. The molecule has 0 amide bonds. The van der Waals surface area contributed by atoms with E-state index in [1.807, 2.05) is 18.2 Å². The Bertz CT molecular complexity index is 514. The largest absolute Gasteiger partial charge is 0.487 e. The van der Waals surface area contributed by atoms with Crippen LogP contribution >= 0.6 is 0 Å². The Balaban J connectivity index is 1.80. The van der Waals surface area contributed by atoms with Gasteiger partial charge in [0.25, 0.3) is 0 Å². The van der Waals surface area contributed by atoms with Gasteiger partial charge in [-0.3, -0.25) is 0 Å². The molecule has 0 aromatic heterocycles. The molecule has 1 aromatic carbocycles. The van der Waals surface area contributed by atoms with Crippen LogP contribution in [0.5, 0.6) is 5.75 Å². The van der Waals surface area contributed by atoms with Gasteiger partial charge in [-0.15, -0.1) is 0 Å². The van der Waals surface area contributed by atoms with Crippen molar-refractivity contribution in [1.82, 2.24) is 0 Å². The van der Waals surface area contributed by atoms with E-state index in [-0.39, 0.29) is 23.7 Å². The minimum Gasteiger partial charge on any atom is -0.487 e. The first kappa shape index (κ1) is 11.7. The summed E-state index contributed by atoms with van der Waals surface area (Å²) in [5.41, 5.74) is 1.01. The molecule has 0 spiro atoms. The summed E-state index contributed by atoms with van der Waals surface area (Å²) >= 11 is 0. The summed E-state index contributed by atoms with van der Waals surface area (Å²) in [6.07, 6.45) is 3.14. The highest BCUT2D eigenvalue weighted by atomic mass is 16.5. The Kier molecular flexibility index (Phi) is 2.31. The lowest BCUT2D eigenvalue weighted by Gasteiger charge is -2.57. The molecule has 0 radical (unpaired) electrons. The van der Waals surface area contributed by atoms with E-state index < -0.39 is 0 Å². The number of rotatable bonds is 1. The highest BCUT2D eigenvalue weighted by Gasteiger charge is 2.57. The molecule has 3 nitrogen and oxygen atoms in total. The Morgan fingerprint density at radius 2 is 2.16 bits per heavy atom. The molecule has 102 valence electrons. The quantitative estimate of drug-likeness (QED) is 0.843. The van der Waals surface area contributed by atoms with E-state index in [1.54, 1.807) is 0 Å². The molecular formula is C16H20O3. The molecular weight excluding hydrogens is 240 g/mol. The lowest BCUT2D eigenvalue weighted by molar-refractivity contribution is -0.210. The van der Waals surface area contributed by atoms with Gasteiger partial charge in [0.05, 0.1) is 19.3 Å². The second-order valence-corrected chi connectivity index (χ2v) is 6.65. The number of benzene rings is 1. The van der Waals surface area contributed by atoms with Gasteiger partial charge in [0.1, 0.15) is 11.4 Å². The van der Waals surface area contributed by atoms with Gasteiger partial charge in [-0.25, -0.2) is 0 Å². The fourth-order valence-electron chi connectivity index (χ4n) is 4.11. The summed E-state index contributed by atoms with van der Waals surface area (Å²) in [5, 5.41) is 9.71. The minimum atomic E-state index is -0.141. The fourth-order valence-corrected chi connectivity index (χ4v) is 4.11. The number of fused-ring (bicyclic) bond motifs is 3. The van der Waals surface area contributed by atoms with E-state index in [1.165, 1.54) is 5.56 Å². The summed E-state index contributed by atoms with van der Waals surface area (Å²) in [5.74, 6) is 1.33. The van der Waals surface area contributed by atoms with E-state index in [2.05, 4.69) is 13.0 Å². The topological polar surface area (TPSA) is 38.7 Å². The van der Waals surface area contributed by atoms with Gasteiger partial charge in [0.15, 0.2) is 0 Å². The van der Waals surface area contributed by atoms with E-state index in [0.717, 1.165) is 25.0 Å². The van der Waals surface area contributed by atoms with E-state index >= 15 is 0 Å². The van der Waals surface area contributed by atoms with Crippen LogP contribution in [0.1, 0.15) is 37.9 Å². The minimum absolute atomic E-state index is 0.0314. The molecule has 1 aliphatic carbocycles. The van der Waals surface area contributed by atoms with Crippen LogP contribution in [-0.2, 0) is 4.74 Å². The first-order valence-corrected chi connectivity index (χ1v) is 7.16. The predicted molar refractivity (Wildman–Crippen MR) is 71.0 cm³/mol. The van der Waals surface area contributed by atoms with Crippen molar-refractivity contribution >= 4 is 0 Å². The summed E-state index contributed by atoms with van der Waals surface area (Å²) < 4.78 is 12.5. The molecule has 19 heavy (non-hydrogen) atoms. The van der Waals surface area contributed by atoms with Crippen LogP contribution in [0.2, 0.25) is 0 Å². The lowest BCUT2D eigenvalue weighted by atomic mass is 9.59. The molecule has 3 aliphatic rings. The smallest absolute Gasteiger partial charge is 0.125 e. The lowest BCUT2D eigenvalue weighted by Crippen LogP contribution is -2.58. The van der Waals surface area contributed by atoms with Crippen molar-refractivity contribution in [1.29, 1.82) is 0 Å². The van der Waals surface area contributed by atoms with Crippen molar-refractivity contribution in [3.05, 3.63) is 29.8 Å². The zero-order valence-electron chi connectivity index (χ0n) is 11.3. The van der Waals surface area contributed by atoms with Crippen molar-refractivity contribution in [2.75, 3.05) is 13.2 Å². The first-order valence-electron chi connectivity index (χ1n) is 7.16. The zero-order chi connectivity index (χ0) is 13.1. The molecule has 2 heterocycles. The molecule has 2 aliphatic heterocycles. The van der Waals surface area contributed by atoms with E-state index in [9.17, 15) is 5.11 Å². The van der Waals surface area contributed by atoms with Crippen molar-refractivity contribution in [3.63, 3.8) is 0 Å². The van der Waals surface area contributed by atoms with Crippen molar-refractivity contribution in [3.8, 4) is 5.75 Å². The molecule has 3 heteroatoms. The predicted octanol–water partition coefficient (Wildman–Crippen LogP) is 2.69. The van der Waals surface area contributed by atoms with Crippen LogP contribution < -0.4 is 4.74 Å². The maximum absolute atomic E-state index is 9.71. The molecule has 4 atom stereocenters. The van der Waals surface area contributed by atoms with Gasteiger partial charge >= 0.3 is 0 Å². The Morgan fingerprint density at radius 3 is 3.00 bits per heavy atom. The van der Waals surface area contributed by atoms with Gasteiger partial charge in [-0.2, -0.15) is 0 Å². The van der Waals surface area contributed by atoms with Crippen LogP contribution in [0.25, 0.3) is 0 Å². The standard InChI is InChI=1S/C16H20O3/c1-15-6-7-16(9-17)8-12(15)14(18-10-16)11-4-2-3-5-13(11)19-15/h2-5,12,14,17H,6-10H2,1H3/t12-,14+,15+,16+/m1/s1. The number of aliphatic hydroxyl groups excluding tert-OH is 1. The molecule has 1 saturated carbocycles. The van der Waals surface area contributed by atoms with Gasteiger partial charge in [0, 0.05) is 16.9 Å². The SMILES string of the molecule is C[C@@]12CC[C@]3(CO)CO[C@@H](c4ccccc4O1)[C@H]2C3. The van der Waals surface area contributed by atoms with Crippen LogP contribution in [0.15, 0.2) is 24.3 Å². The number of ether oxygens (including phenoxy) is 2. The summed E-state index contributed by atoms with van der Waals surface area (Å²) in [6, 6.07) is 8.22. The number of hydrogen-bond donors (Lipinski definition) is 1. The average Bonchev–Trinajstić information content (AvgIpc) is 2.45. The van der Waals surface area contributed by atoms with Crippen molar-refractivity contribution in [2.24, 2.45) is 11.3 Å². The highest BCUT2D eigenvalue weighted by molar-refractivity contribution is 5.39. The molecule has 1 saturated heterocycles. The number of para-hydroxylation sites is 1. The molecule has 0 unspecified atom stereocenters. The van der Waals surface area contributed by atoms with Gasteiger partial charge in [-0.05, 0) is 32.3 Å². The first-order chi connectivity index (χ1) is 9.16. The van der Waals surface area contributed by atoms with E-state index in [0.29, 0.717) is 12.5 Å². The van der Waals surface area contributed by atoms with E-state index in [4.69, 9.17) is 9.47 Å². The van der Waals surface area contributed by atoms with Crippen LogP contribution in [0, 0.1) is 11.3 Å². The molecule has 2 bridgehead atoms. The second-order valence-electron chi connectivity index (χ2n) is 6.65. The third-order valence-electron chi connectivity index (χ3n) is 5.43. The third kappa shape index (κ3) is 1.52. The van der Waals surface area contributed by atoms with Crippen LogP contribution in [0.4, 0.5) is 0 Å². The second kappa shape index (κ2) is 3.74. The number of hydrogen-bond acceptors (Lipinski definition) is 3. The summed E-state index contributed by atoms with van der Waals surface area (Å²) in [4.78, 5) is 0. The van der Waals surface area contributed by atoms with Crippen LogP contribution in [-0.4, -0.2) is 23.9 Å². The maximum atomic E-state index is 9.71. The van der Waals surface area contributed by atoms with Crippen molar-refractivity contribution in [2.45, 2.75) is 37.9 Å². The fraction of sp³-hybridized carbons (Fsp3) is 0.625. The van der Waals surface area contributed by atoms with Crippen LogP contribution in [0.3, 0.4) is 0 Å². The van der Waals surface area contributed by atoms with Crippen molar-refractivity contribution < 1.29 is 14.6 Å². The van der Waals surface area contributed by atoms with Gasteiger partial charge in [-0.1, -0.05) is 18.2 Å². The summed E-state index contributed by atoms with van der Waals surface area (Å²) in [6.45, 7) is 3.11. The maximum Gasteiger partial charge on any atom is 0.125 e. The zero-order valence-corrected chi connectivity index (χ0v) is 11.3. The highest BCUT2D eigenvalue weighted by Crippen LogP contribution is 2.58. The molecule has 1 N–H and O–H groups in total. The molecule has 4 rings (SSSR count). The Morgan fingerprint density at radius 1 is 1.32 bits per heavy atom. The number of aliphatic hydroxyl groups is 1. The Hall–Kier alpha value is -1.06. The Labute approximate surface area is 113 Å². The summed E-state index contributed by atoms with van der Waals surface area (Å²) in [7, 11) is 0. The molecule has 1 aromatic rings. The molecule has 2 fully saturated rings. The monoisotopic (exact) mass is 260 g/mol.